The molecule has 2 aromatic carbocycles. The van der Waals surface area contributed by atoms with E-state index in [2.05, 4.69) is 71.7 Å². The first-order valence-electron chi connectivity index (χ1n) is 8.43. The Morgan fingerprint density at radius 1 is 0.826 bits per heavy atom. The molecule has 1 aliphatic heterocycles. The molecule has 2 atom stereocenters. The molecular formula is C19H25N2OP. The zero-order valence-electron chi connectivity index (χ0n) is 13.9. The molecule has 2 unspecified atom stereocenters. The zero-order valence-corrected chi connectivity index (χ0v) is 14.9. The molecule has 1 aliphatic rings. The Bertz CT molecular complexity index is 554. The van der Waals surface area contributed by atoms with Crippen LogP contribution in [-0.4, -0.2) is 22.4 Å². The van der Waals surface area contributed by atoms with E-state index >= 15 is 0 Å². The van der Waals surface area contributed by atoms with Crippen molar-refractivity contribution in [2.75, 3.05) is 13.1 Å². The minimum absolute atomic E-state index is 0.223. The molecule has 0 radical (unpaired) electrons. The standard InChI is InChI=1S/C19H25N2OP/c1-3-20-18(16-11-7-5-8-12-16)15-19(21(4-2)23(20)22)17-13-9-6-10-14-17/h5-14,18-19,23H,3-4,15H2,1-2H3. The van der Waals surface area contributed by atoms with Crippen molar-refractivity contribution in [2.45, 2.75) is 32.4 Å². The predicted octanol–water partition coefficient (Wildman–Crippen LogP) is 3.84. The van der Waals surface area contributed by atoms with Gasteiger partial charge in [0.15, 0.2) is 0 Å². The maximum absolute atomic E-state index is 13.2. The van der Waals surface area contributed by atoms with Crippen LogP contribution in [0.3, 0.4) is 0 Å². The van der Waals surface area contributed by atoms with Gasteiger partial charge in [0.2, 0.25) is 0 Å². The molecule has 1 saturated heterocycles. The van der Waals surface area contributed by atoms with Crippen LogP contribution in [0.2, 0.25) is 0 Å². The fraction of sp³-hybridized carbons (Fsp3) is 0.368. The van der Waals surface area contributed by atoms with E-state index in [1.807, 2.05) is 12.1 Å². The highest BCUT2D eigenvalue weighted by molar-refractivity contribution is 7.44. The summed E-state index contributed by atoms with van der Waals surface area (Å²) in [5.74, 6) is 0. The maximum Gasteiger partial charge on any atom is 0.0943 e. The van der Waals surface area contributed by atoms with Crippen molar-refractivity contribution >= 4 is 8.45 Å². The average Bonchev–Trinajstić information content (AvgIpc) is 2.62. The van der Waals surface area contributed by atoms with Gasteiger partial charge in [-0.15, -0.1) is 0 Å². The van der Waals surface area contributed by atoms with E-state index in [-0.39, 0.29) is 12.1 Å². The second kappa shape index (κ2) is 7.55. The van der Waals surface area contributed by atoms with Crippen molar-refractivity contribution in [3.63, 3.8) is 0 Å². The average molecular weight is 328 g/mol. The molecule has 23 heavy (non-hydrogen) atoms. The Balaban J connectivity index is 1.97. The van der Waals surface area contributed by atoms with E-state index in [0.29, 0.717) is 0 Å². The minimum atomic E-state index is -1.95. The molecule has 4 heteroatoms. The minimum Gasteiger partial charge on any atom is -0.652 e. The first kappa shape index (κ1) is 16.6. The summed E-state index contributed by atoms with van der Waals surface area (Å²) in [5.41, 5.74) is 2.54. The highest BCUT2D eigenvalue weighted by Gasteiger charge is 2.42. The van der Waals surface area contributed by atoms with Crippen LogP contribution in [-0.2, 0) is 0 Å². The number of rotatable bonds is 4. The summed E-state index contributed by atoms with van der Waals surface area (Å²) in [6.07, 6.45) is 0.978. The van der Waals surface area contributed by atoms with Gasteiger partial charge in [0.1, 0.15) is 0 Å². The lowest BCUT2D eigenvalue weighted by Crippen LogP contribution is -2.44. The lowest BCUT2D eigenvalue weighted by Gasteiger charge is -2.47. The third-order valence-corrected chi connectivity index (χ3v) is 6.98. The summed E-state index contributed by atoms with van der Waals surface area (Å²) in [5, 5.41) is 0. The van der Waals surface area contributed by atoms with Crippen molar-refractivity contribution in [1.29, 1.82) is 0 Å². The predicted molar refractivity (Wildman–Crippen MR) is 96.1 cm³/mol. The second-order valence-electron chi connectivity index (χ2n) is 5.94. The van der Waals surface area contributed by atoms with Gasteiger partial charge in [0, 0.05) is 13.1 Å². The fourth-order valence-electron chi connectivity index (χ4n) is 3.59. The molecule has 0 N–H and O–H groups in total. The van der Waals surface area contributed by atoms with Gasteiger partial charge in [-0.1, -0.05) is 60.7 Å². The van der Waals surface area contributed by atoms with Gasteiger partial charge in [-0.3, -0.25) is 0 Å². The monoisotopic (exact) mass is 328 g/mol. The molecule has 2 aromatic rings. The van der Waals surface area contributed by atoms with E-state index in [1.165, 1.54) is 11.1 Å². The van der Waals surface area contributed by atoms with Crippen molar-refractivity contribution in [3.8, 4) is 0 Å². The Morgan fingerprint density at radius 2 is 1.22 bits per heavy atom. The van der Waals surface area contributed by atoms with Gasteiger partial charge in [0.25, 0.3) is 0 Å². The molecule has 0 saturated carbocycles. The molecule has 122 valence electrons. The second-order valence-corrected chi connectivity index (χ2v) is 7.66. The Hall–Kier alpha value is -1.25. The third kappa shape index (κ3) is 3.34. The van der Waals surface area contributed by atoms with Crippen molar-refractivity contribution < 1.29 is 4.89 Å². The van der Waals surface area contributed by atoms with Crippen LogP contribution in [0.15, 0.2) is 60.7 Å². The van der Waals surface area contributed by atoms with Gasteiger partial charge in [0.05, 0.1) is 20.5 Å². The molecule has 0 aromatic heterocycles. The van der Waals surface area contributed by atoms with Gasteiger partial charge in [-0.05, 0) is 31.4 Å². The van der Waals surface area contributed by atoms with Crippen LogP contribution in [0.25, 0.3) is 0 Å². The molecule has 3 nitrogen and oxygen atoms in total. The first-order valence-corrected chi connectivity index (χ1v) is 9.73. The Labute approximate surface area is 140 Å². The molecule has 1 heterocycles. The highest BCUT2D eigenvalue weighted by atomic mass is 31.2. The summed E-state index contributed by atoms with van der Waals surface area (Å²) < 4.78 is 4.37. The van der Waals surface area contributed by atoms with Crippen molar-refractivity contribution in [3.05, 3.63) is 71.8 Å². The van der Waals surface area contributed by atoms with Crippen LogP contribution < -0.4 is 4.89 Å². The van der Waals surface area contributed by atoms with Crippen LogP contribution in [0.5, 0.6) is 0 Å². The Kier molecular flexibility index (Phi) is 5.45. The van der Waals surface area contributed by atoms with E-state index < -0.39 is 8.45 Å². The van der Waals surface area contributed by atoms with Crippen LogP contribution in [0, 0.1) is 0 Å². The first-order chi connectivity index (χ1) is 11.3. The zero-order chi connectivity index (χ0) is 16.2. The van der Waals surface area contributed by atoms with Crippen molar-refractivity contribution in [2.24, 2.45) is 0 Å². The molecule has 0 bridgehead atoms. The molecule has 3 rings (SSSR count). The van der Waals surface area contributed by atoms with Gasteiger partial charge in [-0.2, -0.15) is 9.34 Å². The molecular weight excluding hydrogens is 303 g/mol. The van der Waals surface area contributed by atoms with Gasteiger partial charge in [-0.25, -0.2) is 0 Å². The smallest absolute Gasteiger partial charge is 0.0943 e. The van der Waals surface area contributed by atoms with E-state index in [1.54, 1.807) is 0 Å². The maximum atomic E-state index is 13.2. The summed E-state index contributed by atoms with van der Waals surface area (Å²) in [6, 6.07) is 21.5. The normalized spacial score (nSPS) is 26.3. The summed E-state index contributed by atoms with van der Waals surface area (Å²) in [7, 11) is -1.95. The highest BCUT2D eigenvalue weighted by Crippen LogP contribution is 2.54. The summed E-state index contributed by atoms with van der Waals surface area (Å²) in [6.45, 7) is 5.84. The largest absolute Gasteiger partial charge is 0.652 e. The number of hydrogen-bond acceptors (Lipinski definition) is 3. The lowest BCUT2D eigenvalue weighted by atomic mass is 9.94. The SMILES string of the molecule is CCN1C(c2ccccc2)CC(c2ccccc2)N(CC)[PH+]1[O-]. The van der Waals surface area contributed by atoms with Crippen LogP contribution in [0.4, 0.5) is 0 Å². The topological polar surface area (TPSA) is 29.5 Å². The van der Waals surface area contributed by atoms with E-state index in [9.17, 15) is 4.89 Å². The number of benzene rings is 2. The Morgan fingerprint density at radius 3 is 1.57 bits per heavy atom. The van der Waals surface area contributed by atoms with E-state index in [0.717, 1.165) is 19.5 Å². The quantitative estimate of drug-likeness (QED) is 0.799. The summed E-state index contributed by atoms with van der Waals surface area (Å²) in [4.78, 5) is 13.2. The molecule has 0 amide bonds. The lowest BCUT2D eigenvalue weighted by molar-refractivity contribution is -0.191. The van der Waals surface area contributed by atoms with Gasteiger partial charge < -0.3 is 4.89 Å². The van der Waals surface area contributed by atoms with E-state index in [4.69, 9.17) is 0 Å². The van der Waals surface area contributed by atoms with Gasteiger partial charge >= 0.3 is 0 Å². The molecule has 1 fully saturated rings. The van der Waals surface area contributed by atoms with Crippen LogP contribution in [0.1, 0.15) is 43.5 Å². The third-order valence-electron chi connectivity index (χ3n) is 4.74. The molecule has 0 aliphatic carbocycles. The fourth-order valence-corrected chi connectivity index (χ4v) is 5.50. The summed E-state index contributed by atoms with van der Waals surface area (Å²) >= 11 is 0. The number of nitrogens with zero attached hydrogens (tertiary/aromatic N) is 2. The van der Waals surface area contributed by atoms with Crippen LogP contribution >= 0.6 is 8.45 Å². The number of hydrogen-bond donors (Lipinski definition) is 0. The molecule has 0 spiro atoms. The van der Waals surface area contributed by atoms with Crippen molar-refractivity contribution in [1.82, 2.24) is 9.34 Å².